The Kier molecular flexibility index (Phi) is 5.02. The number of rotatable bonds is 5. The zero-order chi connectivity index (χ0) is 13.8. The van der Waals surface area contributed by atoms with Gasteiger partial charge in [0, 0.05) is 33.5 Å². The lowest BCUT2D eigenvalue weighted by Crippen LogP contribution is -2.18. The lowest BCUT2D eigenvalue weighted by Gasteiger charge is -2.19. The molecule has 2 N–H and O–H groups in total. The molecule has 0 radical (unpaired) electrons. The third-order valence-electron chi connectivity index (χ3n) is 2.95. The van der Waals surface area contributed by atoms with Crippen molar-refractivity contribution in [2.24, 2.45) is 5.73 Å². The number of hydrogen-bond donors (Lipinski definition) is 1. The van der Waals surface area contributed by atoms with Crippen LogP contribution >= 0.6 is 27.3 Å². The Morgan fingerprint density at radius 2 is 2.00 bits per heavy atom. The minimum Gasteiger partial charge on any atom is -0.369 e. The first kappa shape index (κ1) is 14.6. The van der Waals surface area contributed by atoms with Crippen molar-refractivity contribution >= 4 is 33.0 Å². The van der Waals surface area contributed by atoms with E-state index in [1.54, 1.807) is 11.3 Å². The molecule has 0 aliphatic heterocycles. The molecule has 1 atom stereocenters. The average molecular weight is 339 g/mol. The highest BCUT2D eigenvalue weighted by Gasteiger charge is 2.05. The normalized spacial score (nSPS) is 12.4. The van der Waals surface area contributed by atoms with E-state index in [1.165, 1.54) is 16.1 Å². The van der Waals surface area contributed by atoms with Crippen LogP contribution in [0.15, 0.2) is 40.2 Å². The van der Waals surface area contributed by atoms with Crippen LogP contribution in [0.3, 0.4) is 0 Å². The van der Waals surface area contributed by atoms with Crippen molar-refractivity contribution in [3.8, 4) is 0 Å². The Hall–Kier alpha value is -0.840. The summed E-state index contributed by atoms with van der Waals surface area (Å²) in [5.74, 6) is 0. The van der Waals surface area contributed by atoms with Crippen molar-refractivity contribution in [1.29, 1.82) is 0 Å². The topological polar surface area (TPSA) is 29.3 Å². The maximum Gasteiger partial charge on any atom is 0.0519 e. The molecule has 2 rings (SSSR count). The zero-order valence-corrected chi connectivity index (χ0v) is 13.7. The molecular weight excluding hydrogens is 320 g/mol. The second-order valence-corrected chi connectivity index (χ2v) is 6.85. The molecule has 0 aliphatic carbocycles. The van der Waals surface area contributed by atoms with Crippen LogP contribution in [0.5, 0.6) is 0 Å². The van der Waals surface area contributed by atoms with Gasteiger partial charge in [-0.15, -0.1) is 11.3 Å². The Labute approximate surface area is 127 Å². The highest BCUT2D eigenvalue weighted by molar-refractivity contribution is 9.10. The van der Waals surface area contributed by atoms with Gasteiger partial charge in [-0.2, -0.15) is 0 Å². The van der Waals surface area contributed by atoms with E-state index in [0.717, 1.165) is 17.4 Å². The first-order valence-electron chi connectivity index (χ1n) is 6.33. The summed E-state index contributed by atoms with van der Waals surface area (Å²) >= 11 is 5.27. The number of nitrogens with two attached hydrogens (primary N) is 1. The molecule has 1 heterocycles. The van der Waals surface area contributed by atoms with Crippen LogP contribution in [-0.4, -0.2) is 13.1 Å². The molecule has 0 saturated carbocycles. The fourth-order valence-corrected chi connectivity index (χ4v) is 3.52. The molecule has 2 aromatic rings. The Morgan fingerprint density at radius 3 is 2.53 bits per heavy atom. The Balaban J connectivity index is 2.01. The van der Waals surface area contributed by atoms with Crippen molar-refractivity contribution in [3.05, 3.63) is 50.6 Å². The van der Waals surface area contributed by atoms with E-state index in [-0.39, 0.29) is 6.04 Å². The van der Waals surface area contributed by atoms with E-state index in [1.807, 2.05) is 6.92 Å². The van der Waals surface area contributed by atoms with E-state index in [9.17, 15) is 0 Å². The van der Waals surface area contributed by atoms with Crippen LogP contribution in [0.1, 0.15) is 17.4 Å². The van der Waals surface area contributed by atoms with Crippen molar-refractivity contribution in [2.75, 3.05) is 11.9 Å². The van der Waals surface area contributed by atoms with Crippen molar-refractivity contribution in [3.63, 3.8) is 0 Å². The van der Waals surface area contributed by atoms with Gasteiger partial charge in [0.2, 0.25) is 0 Å². The Bertz CT molecular complexity index is 519. The molecule has 1 unspecified atom stereocenters. The summed E-state index contributed by atoms with van der Waals surface area (Å²) < 4.78 is 1.16. The van der Waals surface area contributed by atoms with Crippen molar-refractivity contribution in [1.82, 2.24) is 0 Å². The van der Waals surface area contributed by atoms with Crippen molar-refractivity contribution in [2.45, 2.75) is 25.9 Å². The number of hydrogen-bond acceptors (Lipinski definition) is 3. The van der Waals surface area contributed by atoms with Gasteiger partial charge in [-0.05, 0) is 53.0 Å². The molecule has 4 heteroatoms. The highest BCUT2D eigenvalue weighted by Crippen LogP contribution is 2.23. The highest BCUT2D eigenvalue weighted by atomic mass is 79.9. The van der Waals surface area contributed by atoms with Gasteiger partial charge in [0.1, 0.15) is 0 Å². The van der Waals surface area contributed by atoms with Gasteiger partial charge < -0.3 is 10.6 Å². The quantitative estimate of drug-likeness (QED) is 0.891. The number of nitrogens with zero attached hydrogens (tertiary/aromatic N) is 1. The molecule has 0 bridgehead atoms. The number of anilines is 1. The SMILES string of the molecule is CC(N)Cc1ccc(N(C)Cc2cc(Br)cs2)cc1. The van der Waals surface area contributed by atoms with Crippen LogP contribution in [0.4, 0.5) is 5.69 Å². The van der Waals surface area contributed by atoms with Gasteiger partial charge in [-0.3, -0.25) is 0 Å². The van der Waals surface area contributed by atoms with Gasteiger partial charge >= 0.3 is 0 Å². The monoisotopic (exact) mass is 338 g/mol. The molecule has 19 heavy (non-hydrogen) atoms. The third-order valence-corrected chi connectivity index (χ3v) is 4.63. The summed E-state index contributed by atoms with van der Waals surface area (Å²) in [5.41, 5.74) is 8.34. The second-order valence-electron chi connectivity index (χ2n) is 4.94. The van der Waals surface area contributed by atoms with Gasteiger partial charge in [0.15, 0.2) is 0 Å². The zero-order valence-electron chi connectivity index (χ0n) is 11.3. The summed E-state index contributed by atoms with van der Waals surface area (Å²) in [4.78, 5) is 3.61. The van der Waals surface area contributed by atoms with E-state index in [4.69, 9.17) is 5.73 Å². The molecule has 1 aromatic carbocycles. The van der Waals surface area contributed by atoms with E-state index >= 15 is 0 Å². The molecule has 0 saturated heterocycles. The average Bonchev–Trinajstić information content (AvgIpc) is 2.75. The van der Waals surface area contributed by atoms with E-state index in [2.05, 4.69) is 63.6 Å². The predicted octanol–water partition coefficient (Wildman–Crippen LogP) is 4.04. The molecule has 0 spiro atoms. The summed E-state index contributed by atoms with van der Waals surface area (Å²) in [6.45, 7) is 2.97. The fraction of sp³-hybridized carbons (Fsp3) is 0.333. The first-order valence-corrected chi connectivity index (χ1v) is 8.00. The Morgan fingerprint density at radius 1 is 1.32 bits per heavy atom. The van der Waals surface area contributed by atoms with E-state index in [0.29, 0.717) is 0 Å². The molecule has 1 aromatic heterocycles. The first-order chi connectivity index (χ1) is 9.04. The van der Waals surface area contributed by atoms with Gasteiger partial charge in [0.25, 0.3) is 0 Å². The minimum atomic E-state index is 0.215. The largest absolute Gasteiger partial charge is 0.369 e. The minimum absolute atomic E-state index is 0.215. The molecule has 2 nitrogen and oxygen atoms in total. The summed E-state index contributed by atoms with van der Waals surface area (Å²) in [6, 6.07) is 11.1. The smallest absolute Gasteiger partial charge is 0.0519 e. The van der Waals surface area contributed by atoms with Crippen LogP contribution in [0, 0.1) is 0 Å². The maximum atomic E-state index is 5.81. The predicted molar refractivity (Wildman–Crippen MR) is 87.9 cm³/mol. The maximum absolute atomic E-state index is 5.81. The molecular formula is C15H19BrN2S. The summed E-state index contributed by atoms with van der Waals surface area (Å²) in [6.07, 6.45) is 0.932. The summed E-state index contributed by atoms with van der Waals surface area (Å²) in [7, 11) is 2.12. The van der Waals surface area contributed by atoms with Gasteiger partial charge in [-0.25, -0.2) is 0 Å². The van der Waals surface area contributed by atoms with Crippen molar-refractivity contribution < 1.29 is 0 Å². The lowest BCUT2D eigenvalue weighted by molar-refractivity contribution is 0.738. The second kappa shape index (κ2) is 6.55. The van der Waals surface area contributed by atoms with Gasteiger partial charge in [0.05, 0.1) is 6.54 Å². The fourth-order valence-electron chi connectivity index (χ4n) is 2.02. The molecule has 0 fully saturated rings. The third kappa shape index (κ3) is 4.34. The van der Waals surface area contributed by atoms with Gasteiger partial charge in [-0.1, -0.05) is 12.1 Å². The number of halogens is 1. The number of benzene rings is 1. The molecule has 102 valence electrons. The molecule has 0 aliphatic rings. The van der Waals surface area contributed by atoms with Crippen LogP contribution in [0.25, 0.3) is 0 Å². The number of thiophene rings is 1. The lowest BCUT2D eigenvalue weighted by atomic mass is 10.1. The van der Waals surface area contributed by atoms with Crippen LogP contribution in [0.2, 0.25) is 0 Å². The van der Waals surface area contributed by atoms with E-state index < -0.39 is 0 Å². The molecule has 0 amide bonds. The van der Waals surface area contributed by atoms with Crippen LogP contribution < -0.4 is 10.6 Å². The standard InChI is InChI=1S/C15H19BrN2S/c1-11(17)7-12-3-5-14(6-4-12)18(2)9-15-8-13(16)10-19-15/h3-6,8,10-11H,7,9,17H2,1-2H3. The summed E-state index contributed by atoms with van der Waals surface area (Å²) in [5, 5.41) is 2.12. The van der Waals surface area contributed by atoms with Crippen LogP contribution in [-0.2, 0) is 13.0 Å².